The molecule has 3 aromatic rings. The molecule has 3 rings (SSSR count). The summed E-state index contributed by atoms with van der Waals surface area (Å²) in [5.74, 6) is -4.92. The van der Waals surface area contributed by atoms with Gasteiger partial charge in [0.05, 0.1) is 0 Å². The van der Waals surface area contributed by atoms with Crippen LogP contribution in [-0.4, -0.2) is 63.0 Å². The molecule has 39 heavy (non-hydrogen) atoms. The highest BCUT2D eigenvalue weighted by Gasteiger charge is 2.38. The summed E-state index contributed by atoms with van der Waals surface area (Å²) in [6, 6.07) is 13.9. The molecule has 0 spiro atoms. The first kappa shape index (κ1) is 33.3. The summed E-state index contributed by atoms with van der Waals surface area (Å²) < 4.78 is 63.5. The summed E-state index contributed by atoms with van der Waals surface area (Å²) in [7, 11) is 2.11. The summed E-state index contributed by atoms with van der Waals surface area (Å²) in [5.41, 5.74) is 8.25. The molecule has 9 nitrogen and oxygen atoms in total. The number of nitrogens with one attached hydrogen (secondary N) is 1. The number of alkyl halides is 6. The maximum absolute atomic E-state index is 11.9. The van der Waals surface area contributed by atoms with Gasteiger partial charge in [0.2, 0.25) is 0 Å². The van der Waals surface area contributed by atoms with E-state index in [-0.39, 0.29) is 5.56 Å². The molecule has 0 saturated heterocycles. The Morgan fingerprint density at radius 3 is 2.08 bits per heavy atom. The number of aliphatic carboxylic acids is 2. The highest BCUT2D eigenvalue weighted by Crippen LogP contribution is 2.18. The number of carboxylic acid groups (broad SMARTS) is 2. The van der Waals surface area contributed by atoms with Crippen molar-refractivity contribution in [3.8, 4) is 11.4 Å². The minimum absolute atomic E-state index is 0.145. The molecule has 1 aromatic carbocycles. The highest BCUT2D eigenvalue weighted by molar-refractivity contribution is 7.09. The van der Waals surface area contributed by atoms with Gasteiger partial charge in [0.15, 0.2) is 0 Å². The normalized spacial score (nSPS) is 11.2. The molecule has 0 bridgehead atoms. The number of hydrogen-bond acceptors (Lipinski definition) is 7. The molecule has 0 aliphatic carbocycles. The van der Waals surface area contributed by atoms with Crippen molar-refractivity contribution in [2.45, 2.75) is 31.9 Å². The molecule has 0 amide bonds. The van der Waals surface area contributed by atoms with Gasteiger partial charge >= 0.3 is 24.3 Å². The molecule has 2 aromatic heterocycles. The molecule has 2 heterocycles. The van der Waals surface area contributed by atoms with E-state index in [1.807, 2.05) is 12.1 Å². The van der Waals surface area contributed by atoms with Crippen molar-refractivity contribution in [3.63, 3.8) is 0 Å². The Kier molecular flexibility index (Phi) is 12.8. The zero-order valence-corrected chi connectivity index (χ0v) is 21.0. The van der Waals surface area contributed by atoms with Gasteiger partial charge in [0, 0.05) is 41.7 Å². The topological polar surface area (TPSA) is 150 Å². The number of aromatic nitrogens is 2. The Balaban J connectivity index is 0.000000449. The lowest BCUT2D eigenvalue weighted by atomic mass is 10.1. The largest absolute Gasteiger partial charge is 0.490 e. The lowest BCUT2D eigenvalue weighted by Crippen LogP contribution is -2.21. The van der Waals surface area contributed by atoms with E-state index in [0.29, 0.717) is 18.8 Å². The number of rotatable bonds is 7. The van der Waals surface area contributed by atoms with E-state index in [9.17, 15) is 31.1 Å². The van der Waals surface area contributed by atoms with Gasteiger partial charge in [-0.2, -0.15) is 26.3 Å². The second kappa shape index (κ2) is 15.0. The molecule has 0 radical (unpaired) electrons. The van der Waals surface area contributed by atoms with E-state index in [1.165, 1.54) is 16.5 Å². The Bertz CT molecular complexity index is 1240. The average Bonchev–Trinajstić information content (AvgIpc) is 3.31. The van der Waals surface area contributed by atoms with Crippen LogP contribution in [0, 0.1) is 0 Å². The van der Waals surface area contributed by atoms with Crippen molar-refractivity contribution in [2.24, 2.45) is 5.73 Å². The monoisotopic (exact) mass is 582 g/mol. The number of hydrogen-bond donors (Lipinski definition) is 4. The number of aromatic amines is 1. The SMILES string of the molecule is CN(Cc1cccc(-c2nc(CCN)cc(=O)[nH]2)c1)Cc1cccs1.O=C(O)C(F)(F)F.O=C(O)C(F)(F)F. The van der Waals surface area contributed by atoms with Gasteiger partial charge < -0.3 is 20.9 Å². The third kappa shape index (κ3) is 13.0. The van der Waals surface area contributed by atoms with Crippen LogP contribution in [0.25, 0.3) is 11.4 Å². The van der Waals surface area contributed by atoms with E-state index in [0.717, 1.165) is 24.3 Å². The predicted octanol–water partition coefficient (Wildman–Crippen LogP) is 3.90. The van der Waals surface area contributed by atoms with Crippen LogP contribution < -0.4 is 11.3 Å². The molecule has 0 aliphatic heterocycles. The second-order valence-electron chi connectivity index (χ2n) is 7.68. The van der Waals surface area contributed by atoms with Crippen LogP contribution in [0.4, 0.5) is 26.3 Å². The van der Waals surface area contributed by atoms with Gasteiger partial charge in [-0.25, -0.2) is 14.6 Å². The Morgan fingerprint density at radius 1 is 1.00 bits per heavy atom. The number of benzene rings is 1. The number of carbonyl (C=O) groups is 2. The summed E-state index contributed by atoms with van der Waals surface area (Å²) in [6.45, 7) is 2.23. The number of carboxylic acids is 2. The fourth-order valence-corrected chi connectivity index (χ4v) is 3.56. The van der Waals surface area contributed by atoms with Crippen LogP contribution in [0.3, 0.4) is 0 Å². The molecule has 0 aliphatic rings. The number of H-pyrrole nitrogens is 1. The highest BCUT2D eigenvalue weighted by atomic mass is 32.1. The van der Waals surface area contributed by atoms with Crippen LogP contribution >= 0.6 is 11.3 Å². The lowest BCUT2D eigenvalue weighted by molar-refractivity contribution is -0.193. The molecule has 16 heteroatoms. The third-order valence-electron chi connectivity index (χ3n) is 4.34. The zero-order valence-electron chi connectivity index (χ0n) is 20.2. The van der Waals surface area contributed by atoms with E-state index in [2.05, 4.69) is 51.6 Å². The van der Waals surface area contributed by atoms with Crippen LogP contribution in [0.15, 0.2) is 52.6 Å². The van der Waals surface area contributed by atoms with Crippen molar-refractivity contribution in [1.82, 2.24) is 14.9 Å². The van der Waals surface area contributed by atoms with Crippen molar-refractivity contribution < 1.29 is 46.1 Å². The van der Waals surface area contributed by atoms with Crippen molar-refractivity contribution in [3.05, 3.63) is 74.3 Å². The fourth-order valence-electron chi connectivity index (χ4n) is 2.77. The molecule has 0 saturated carbocycles. The standard InChI is InChI=1S/C19H22N4OS.2C2HF3O2/c1-23(13-17-6-3-9-25-17)12-14-4-2-5-15(10-14)19-21-16(7-8-20)11-18(24)22-19;2*3-2(4,5)1(6)7/h2-6,9-11H,7-8,12-13,20H2,1H3,(H,21,22,24);2*(H,6,7). The van der Waals surface area contributed by atoms with Gasteiger partial charge in [-0.3, -0.25) is 9.69 Å². The minimum Gasteiger partial charge on any atom is -0.475 e. The summed E-state index contributed by atoms with van der Waals surface area (Å²) in [6.07, 6.45) is -9.57. The van der Waals surface area contributed by atoms with Gasteiger partial charge in [-0.15, -0.1) is 11.3 Å². The molecule has 5 N–H and O–H groups in total. The minimum atomic E-state index is -5.08. The number of halogens is 6. The maximum atomic E-state index is 11.9. The molecule has 0 atom stereocenters. The Hall–Kier alpha value is -3.76. The third-order valence-corrected chi connectivity index (χ3v) is 5.20. The van der Waals surface area contributed by atoms with Crippen molar-refractivity contribution >= 4 is 23.3 Å². The number of thiophene rings is 1. The zero-order chi connectivity index (χ0) is 29.8. The first-order valence-electron chi connectivity index (χ1n) is 10.7. The second-order valence-corrected chi connectivity index (χ2v) is 8.71. The van der Waals surface area contributed by atoms with Crippen LogP contribution in [0.1, 0.15) is 16.1 Å². The van der Waals surface area contributed by atoms with E-state index in [4.69, 9.17) is 25.5 Å². The number of nitrogens with two attached hydrogens (primary N) is 1. The molecule has 0 unspecified atom stereocenters. The smallest absolute Gasteiger partial charge is 0.475 e. The van der Waals surface area contributed by atoms with Gasteiger partial charge in [-0.1, -0.05) is 24.3 Å². The summed E-state index contributed by atoms with van der Waals surface area (Å²) >= 11 is 1.77. The van der Waals surface area contributed by atoms with E-state index < -0.39 is 24.3 Å². The maximum Gasteiger partial charge on any atom is 0.490 e. The Morgan fingerprint density at radius 2 is 1.59 bits per heavy atom. The Labute approximate surface area is 221 Å². The van der Waals surface area contributed by atoms with Crippen LogP contribution in [0.2, 0.25) is 0 Å². The molecule has 0 fully saturated rings. The van der Waals surface area contributed by atoms with Gasteiger partial charge in [-0.05, 0) is 36.7 Å². The van der Waals surface area contributed by atoms with Crippen molar-refractivity contribution in [2.75, 3.05) is 13.6 Å². The van der Waals surface area contributed by atoms with E-state index >= 15 is 0 Å². The molecular weight excluding hydrogens is 558 g/mol. The van der Waals surface area contributed by atoms with Gasteiger partial charge in [0.25, 0.3) is 5.56 Å². The summed E-state index contributed by atoms with van der Waals surface area (Å²) in [4.78, 5) is 40.6. The first-order chi connectivity index (χ1) is 18.0. The lowest BCUT2D eigenvalue weighted by Gasteiger charge is -2.16. The quantitative estimate of drug-likeness (QED) is 0.307. The first-order valence-corrected chi connectivity index (χ1v) is 11.6. The average molecular weight is 583 g/mol. The van der Waals surface area contributed by atoms with E-state index in [1.54, 1.807) is 11.3 Å². The summed E-state index contributed by atoms with van der Waals surface area (Å²) in [5, 5.41) is 16.3. The van der Waals surface area contributed by atoms with Crippen LogP contribution in [-0.2, 0) is 29.1 Å². The molecule has 214 valence electrons. The van der Waals surface area contributed by atoms with Crippen LogP contribution in [0.5, 0.6) is 0 Å². The van der Waals surface area contributed by atoms with Crippen molar-refractivity contribution in [1.29, 1.82) is 0 Å². The fraction of sp³-hybridized carbons (Fsp3) is 0.304. The molecular formula is C23H24F6N4O5S. The number of nitrogens with zero attached hydrogens (tertiary/aromatic N) is 2. The predicted molar refractivity (Wildman–Crippen MR) is 130 cm³/mol. The van der Waals surface area contributed by atoms with Gasteiger partial charge in [0.1, 0.15) is 5.82 Å².